The van der Waals surface area contributed by atoms with Gasteiger partial charge in [0, 0.05) is 31.5 Å². The molecule has 2 saturated heterocycles. The summed E-state index contributed by atoms with van der Waals surface area (Å²) in [5.74, 6) is 8.72. The molecule has 0 aromatic rings. The normalized spacial score (nSPS) is 26.9. The molecule has 2 heterocycles. The fourth-order valence-electron chi connectivity index (χ4n) is 4.19. The van der Waals surface area contributed by atoms with Gasteiger partial charge < -0.3 is 14.5 Å². The van der Waals surface area contributed by atoms with Crippen molar-refractivity contribution in [3.05, 3.63) is 0 Å². The van der Waals surface area contributed by atoms with Crippen LogP contribution < -0.4 is 0 Å². The zero-order valence-electron chi connectivity index (χ0n) is 20.0. The molecule has 3 nitrogen and oxygen atoms in total. The maximum Gasteiger partial charge on any atom is 0.0603 e. The smallest absolute Gasteiger partial charge is 0.0603 e. The van der Waals surface area contributed by atoms with E-state index in [1.54, 1.807) is 0 Å². The summed E-state index contributed by atoms with van der Waals surface area (Å²) in [6.45, 7) is 18.7. The summed E-state index contributed by atoms with van der Waals surface area (Å²) in [6, 6.07) is 0. The number of rotatable bonds is 4. The van der Waals surface area contributed by atoms with E-state index in [2.05, 4.69) is 42.5 Å². The standard InChI is InChI=1S/C21H36N2O.2C2H6/c1-17(2)4-5-19-14-21(15-19)24-20-8-12-23(13-9-20)16-18-6-10-22(3)11-7-18;2*1-2/h17-21H,6-16H2,1-3H3;2*1-2H3. The second-order valence-corrected chi connectivity index (χ2v) is 8.62. The van der Waals surface area contributed by atoms with E-state index >= 15 is 0 Å². The fourth-order valence-corrected chi connectivity index (χ4v) is 4.19. The zero-order chi connectivity index (χ0) is 20.9. The van der Waals surface area contributed by atoms with Crippen LogP contribution >= 0.6 is 0 Å². The van der Waals surface area contributed by atoms with Gasteiger partial charge in [0.1, 0.15) is 0 Å². The fraction of sp³-hybridized carbons (Fsp3) is 0.920. The van der Waals surface area contributed by atoms with Gasteiger partial charge in [0.25, 0.3) is 0 Å². The lowest BCUT2D eigenvalue weighted by Crippen LogP contribution is -2.44. The van der Waals surface area contributed by atoms with Crippen molar-refractivity contribution in [1.82, 2.24) is 9.80 Å². The SMILES string of the molecule is CC.CC.CC(C)C#CC1CC(OC2CCN(CC3CCN(C)CC3)CC2)C1. The van der Waals surface area contributed by atoms with Crippen LogP contribution in [0.2, 0.25) is 0 Å². The topological polar surface area (TPSA) is 15.7 Å². The first-order valence-corrected chi connectivity index (χ1v) is 12.2. The summed E-state index contributed by atoms with van der Waals surface area (Å²) >= 11 is 0. The Morgan fingerprint density at radius 3 is 1.96 bits per heavy atom. The van der Waals surface area contributed by atoms with E-state index in [1.165, 1.54) is 58.4 Å². The summed E-state index contributed by atoms with van der Waals surface area (Å²) in [7, 11) is 2.25. The molecule has 0 amide bonds. The number of piperidine rings is 2. The monoisotopic (exact) mass is 392 g/mol. The van der Waals surface area contributed by atoms with Crippen molar-refractivity contribution in [3.8, 4) is 11.8 Å². The second kappa shape index (κ2) is 14.4. The summed E-state index contributed by atoms with van der Waals surface area (Å²) < 4.78 is 6.32. The van der Waals surface area contributed by atoms with Gasteiger partial charge in [-0.15, -0.1) is 5.92 Å². The van der Waals surface area contributed by atoms with Crippen LogP contribution in [0, 0.1) is 29.6 Å². The largest absolute Gasteiger partial charge is 0.375 e. The maximum absolute atomic E-state index is 6.32. The van der Waals surface area contributed by atoms with Crippen molar-refractivity contribution in [2.24, 2.45) is 17.8 Å². The highest BCUT2D eigenvalue weighted by Crippen LogP contribution is 2.32. The predicted molar refractivity (Wildman–Crippen MR) is 123 cm³/mol. The quantitative estimate of drug-likeness (QED) is 0.604. The molecule has 0 spiro atoms. The Kier molecular flexibility index (Phi) is 13.1. The number of hydrogen-bond donors (Lipinski definition) is 0. The molecular formula is C25H48N2O. The molecule has 3 heteroatoms. The molecule has 0 radical (unpaired) electrons. The van der Waals surface area contributed by atoms with Crippen molar-refractivity contribution in [3.63, 3.8) is 0 Å². The van der Waals surface area contributed by atoms with Crippen molar-refractivity contribution in [2.45, 2.75) is 92.3 Å². The van der Waals surface area contributed by atoms with Crippen LogP contribution in [0.4, 0.5) is 0 Å². The Bertz CT molecular complexity index is 431. The molecule has 0 aromatic heterocycles. The summed E-state index contributed by atoms with van der Waals surface area (Å²) in [5, 5.41) is 0. The molecule has 0 N–H and O–H groups in total. The first-order valence-electron chi connectivity index (χ1n) is 12.2. The zero-order valence-corrected chi connectivity index (χ0v) is 20.0. The second-order valence-electron chi connectivity index (χ2n) is 8.62. The molecule has 3 aliphatic rings. The van der Waals surface area contributed by atoms with Crippen molar-refractivity contribution >= 4 is 0 Å². The van der Waals surface area contributed by atoms with Crippen LogP contribution in [0.5, 0.6) is 0 Å². The van der Waals surface area contributed by atoms with Crippen LogP contribution in [0.1, 0.15) is 80.1 Å². The van der Waals surface area contributed by atoms with E-state index in [-0.39, 0.29) is 0 Å². The van der Waals surface area contributed by atoms with Gasteiger partial charge in [-0.2, -0.15) is 0 Å². The molecule has 3 rings (SSSR count). The Labute approximate surface area is 176 Å². The molecule has 0 aromatic carbocycles. The average Bonchev–Trinajstić information content (AvgIpc) is 2.69. The molecule has 0 bridgehead atoms. The number of ether oxygens (including phenoxy) is 1. The third kappa shape index (κ3) is 9.29. The van der Waals surface area contributed by atoms with Gasteiger partial charge in [-0.25, -0.2) is 0 Å². The maximum atomic E-state index is 6.32. The summed E-state index contributed by atoms with van der Waals surface area (Å²) in [4.78, 5) is 5.15. The molecule has 2 aliphatic heterocycles. The lowest BCUT2D eigenvalue weighted by Gasteiger charge is -2.40. The van der Waals surface area contributed by atoms with E-state index in [4.69, 9.17) is 4.74 Å². The van der Waals surface area contributed by atoms with Gasteiger partial charge in [-0.1, -0.05) is 47.5 Å². The van der Waals surface area contributed by atoms with E-state index in [1.807, 2.05) is 27.7 Å². The third-order valence-corrected chi connectivity index (χ3v) is 5.94. The summed E-state index contributed by atoms with van der Waals surface area (Å²) in [5.41, 5.74) is 0. The minimum absolute atomic E-state index is 0.488. The lowest BCUT2D eigenvalue weighted by molar-refractivity contribution is -0.0858. The van der Waals surface area contributed by atoms with Crippen LogP contribution in [0.25, 0.3) is 0 Å². The van der Waals surface area contributed by atoms with E-state index in [0.717, 1.165) is 18.8 Å². The van der Waals surface area contributed by atoms with Crippen LogP contribution in [0.15, 0.2) is 0 Å². The van der Waals surface area contributed by atoms with E-state index in [9.17, 15) is 0 Å². The average molecular weight is 393 g/mol. The predicted octanol–water partition coefficient (Wildman–Crippen LogP) is 5.30. The molecule has 28 heavy (non-hydrogen) atoms. The number of likely N-dealkylation sites (tertiary alicyclic amines) is 2. The first-order chi connectivity index (χ1) is 13.6. The lowest BCUT2D eigenvalue weighted by atomic mass is 9.82. The van der Waals surface area contributed by atoms with E-state index < -0.39 is 0 Å². The van der Waals surface area contributed by atoms with Crippen LogP contribution in [0.3, 0.4) is 0 Å². The van der Waals surface area contributed by atoms with Crippen molar-refractivity contribution in [1.29, 1.82) is 0 Å². The van der Waals surface area contributed by atoms with Gasteiger partial charge in [0.05, 0.1) is 12.2 Å². The molecule has 1 aliphatic carbocycles. The van der Waals surface area contributed by atoms with Gasteiger partial charge >= 0.3 is 0 Å². The Balaban J connectivity index is 0.000000921. The van der Waals surface area contributed by atoms with Gasteiger partial charge in [-0.3, -0.25) is 0 Å². The minimum atomic E-state index is 0.488. The molecule has 0 unspecified atom stereocenters. The third-order valence-electron chi connectivity index (χ3n) is 5.94. The highest BCUT2D eigenvalue weighted by Gasteiger charge is 2.32. The van der Waals surface area contributed by atoms with Gasteiger partial charge in [0.15, 0.2) is 0 Å². The molecule has 164 valence electrons. The molecule has 0 atom stereocenters. The number of nitrogens with zero attached hydrogens (tertiary/aromatic N) is 2. The summed E-state index contributed by atoms with van der Waals surface area (Å²) in [6.07, 6.45) is 8.54. The van der Waals surface area contributed by atoms with Gasteiger partial charge in [0.2, 0.25) is 0 Å². The van der Waals surface area contributed by atoms with Crippen molar-refractivity contribution in [2.75, 3.05) is 39.8 Å². The highest BCUT2D eigenvalue weighted by atomic mass is 16.5. The minimum Gasteiger partial charge on any atom is -0.375 e. The van der Waals surface area contributed by atoms with Crippen molar-refractivity contribution < 1.29 is 4.74 Å². The number of hydrogen-bond acceptors (Lipinski definition) is 3. The van der Waals surface area contributed by atoms with Crippen LogP contribution in [-0.2, 0) is 4.74 Å². The van der Waals surface area contributed by atoms with Gasteiger partial charge in [-0.05, 0) is 64.6 Å². The molecule has 3 fully saturated rings. The highest BCUT2D eigenvalue weighted by molar-refractivity contribution is 5.10. The Hall–Kier alpha value is -0.560. The Morgan fingerprint density at radius 1 is 0.857 bits per heavy atom. The molecule has 1 saturated carbocycles. The Morgan fingerprint density at radius 2 is 1.43 bits per heavy atom. The molecular weight excluding hydrogens is 344 g/mol. The van der Waals surface area contributed by atoms with Crippen LogP contribution in [-0.4, -0.2) is 61.8 Å². The first kappa shape index (κ1) is 25.5. The van der Waals surface area contributed by atoms with E-state index in [0.29, 0.717) is 24.0 Å².